The van der Waals surface area contributed by atoms with Gasteiger partial charge in [-0.1, -0.05) is 17.7 Å². The molecule has 1 aromatic heterocycles. The lowest BCUT2D eigenvalue weighted by Gasteiger charge is -2.08. The Morgan fingerprint density at radius 1 is 1.20 bits per heavy atom. The van der Waals surface area contributed by atoms with Crippen LogP contribution in [0.4, 0.5) is 17.3 Å². The largest absolute Gasteiger partial charge is 0.490 e. The fraction of sp³-hybridized carbons (Fsp3) is 0.0588. The van der Waals surface area contributed by atoms with E-state index >= 15 is 0 Å². The second kappa shape index (κ2) is 7.14. The van der Waals surface area contributed by atoms with Crippen molar-refractivity contribution in [2.75, 3.05) is 12.4 Å². The Morgan fingerprint density at radius 3 is 2.76 bits per heavy atom. The first kappa shape index (κ1) is 16.7. The van der Waals surface area contributed by atoms with E-state index in [0.29, 0.717) is 22.2 Å². The maximum absolute atomic E-state index is 11.2. The average Bonchev–Trinajstić information content (AvgIpc) is 2.61. The van der Waals surface area contributed by atoms with Crippen molar-refractivity contribution < 1.29 is 9.66 Å². The minimum atomic E-state index is -0.491. The van der Waals surface area contributed by atoms with Crippen molar-refractivity contribution >= 4 is 28.9 Å². The van der Waals surface area contributed by atoms with Crippen molar-refractivity contribution in [2.24, 2.45) is 0 Å². The summed E-state index contributed by atoms with van der Waals surface area (Å²) in [4.78, 5) is 19.2. The molecule has 7 nitrogen and oxygen atoms in total. The van der Waals surface area contributed by atoms with Gasteiger partial charge in [0.05, 0.1) is 17.7 Å². The van der Waals surface area contributed by atoms with Crippen LogP contribution in [0.1, 0.15) is 0 Å². The second-order valence-corrected chi connectivity index (χ2v) is 5.48. The predicted molar refractivity (Wildman–Crippen MR) is 95.4 cm³/mol. The van der Waals surface area contributed by atoms with Gasteiger partial charge in [0.2, 0.25) is 5.95 Å². The summed E-state index contributed by atoms with van der Waals surface area (Å²) < 4.78 is 5.01. The van der Waals surface area contributed by atoms with Gasteiger partial charge >= 0.3 is 5.69 Å². The molecule has 25 heavy (non-hydrogen) atoms. The quantitative estimate of drug-likeness (QED) is 0.536. The first-order valence-electron chi connectivity index (χ1n) is 7.25. The van der Waals surface area contributed by atoms with Crippen molar-refractivity contribution in [1.29, 1.82) is 0 Å². The van der Waals surface area contributed by atoms with Gasteiger partial charge in [-0.3, -0.25) is 10.1 Å². The molecule has 3 rings (SSSR count). The summed E-state index contributed by atoms with van der Waals surface area (Å²) in [6.45, 7) is 0. The molecule has 1 N–H and O–H groups in total. The van der Waals surface area contributed by atoms with E-state index in [9.17, 15) is 10.1 Å². The summed E-state index contributed by atoms with van der Waals surface area (Å²) in [5, 5.41) is 14.8. The van der Waals surface area contributed by atoms with E-state index < -0.39 is 4.92 Å². The van der Waals surface area contributed by atoms with Gasteiger partial charge in [-0.05, 0) is 36.4 Å². The topological polar surface area (TPSA) is 90.2 Å². The Labute approximate surface area is 148 Å². The minimum absolute atomic E-state index is 0.122. The van der Waals surface area contributed by atoms with Crippen LogP contribution in [0.3, 0.4) is 0 Å². The summed E-state index contributed by atoms with van der Waals surface area (Å²) in [5.41, 5.74) is 1.75. The maximum atomic E-state index is 11.2. The van der Waals surface area contributed by atoms with Crippen molar-refractivity contribution in [3.8, 4) is 17.0 Å². The van der Waals surface area contributed by atoms with E-state index in [1.807, 2.05) is 6.07 Å². The third kappa shape index (κ3) is 3.84. The highest BCUT2D eigenvalue weighted by Gasteiger charge is 2.16. The summed E-state index contributed by atoms with van der Waals surface area (Å²) in [5.74, 6) is 0.554. The van der Waals surface area contributed by atoms with Crippen molar-refractivity contribution in [3.63, 3.8) is 0 Å². The summed E-state index contributed by atoms with van der Waals surface area (Å²) >= 11 is 5.96. The number of anilines is 2. The lowest BCUT2D eigenvalue weighted by molar-refractivity contribution is -0.385. The predicted octanol–water partition coefficient (Wildman–Crippen LogP) is 4.46. The minimum Gasteiger partial charge on any atom is -0.490 e. The maximum Gasteiger partial charge on any atom is 0.311 e. The normalized spacial score (nSPS) is 10.3. The highest BCUT2D eigenvalue weighted by Crippen LogP contribution is 2.31. The molecule has 0 aliphatic heterocycles. The monoisotopic (exact) mass is 356 g/mol. The highest BCUT2D eigenvalue weighted by molar-refractivity contribution is 6.30. The Hall–Kier alpha value is -3.19. The molecule has 3 aromatic rings. The van der Waals surface area contributed by atoms with E-state index in [1.165, 1.54) is 13.2 Å². The lowest BCUT2D eigenvalue weighted by atomic mass is 10.1. The number of aromatic nitrogens is 2. The van der Waals surface area contributed by atoms with E-state index in [0.717, 1.165) is 5.69 Å². The summed E-state index contributed by atoms with van der Waals surface area (Å²) in [7, 11) is 1.39. The van der Waals surface area contributed by atoms with Crippen LogP contribution in [-0.4, -0.2) is 22.0 Å². The summed E-state index contributed by atoms with van der Waals surface area (Å²) in [6, 6.07) is 13.5. The molecule has 0 saturated heterocycles. The van der Waals surface area contributed by atoms with Crippen molar-refractivity contribution in [1.82, 2.24) is 9.97 Å². The standard InChI is InChI=1S/C17H13ClN4O3/c1-25-16-6-5-11(9-15(16)22(23)24)14-7-8-19-17(21-14)20-13-4-2-3-12(18)10-13/h2-10H,1H3,(H,19,20,21). The van der Waals surface area contributed by atoms with Gasteiger partial charge in [-0.15, -0.1) is 0 Å². The number of halogens is 1. The molecule has 0 aliphatic carbocycles. The van der Waals surface area contributed by atoms with Crippen molar-refractivity contribution in [3.05, 3.63) is 69.9 Å². The van der Waals surface area contributed by atoms with Crippen LogP contribution in [0.2, 0.25) is 5.02 Å². The third-order valence-electron chi connectivity index (χ3n) is 3.41. The Bertz CT molecular complexity index is 933. The lowest BCUT2D eigenvalue weighted by Crippen LogP contribution is -1.98. The number of benzene rings is 2. The van der Waals surface area contributed by atoms with E-state index in [4.69, 9.17) is 16.3 Å². The molecule has 0 unspecified atom stereocenters. The average molecular weight is 357 g/mol. The number of nitrogens with zero attached hydrogens (tertiary/aromatic N) is 3. The molecule has 0 amide bonds. The molecule has 0 atom stereocenters. The number of hydrogen-bond donors (Lipinski definition) is 1. The molecule has 0 aliphatic rings. The third-order valence-corrected chi connectivity index (χ3v) is 3.64. The first-order valence-corrected chi connectivity index (χ1v) is 7.63. The number of nitro groups is 1. The molecule has 0 bridgehead atoms. The zero-order valence-corrected chi connectivity index (χ0v) is 13.9. The van der Waals surface area contributed by atoms with Gasteiger partial charge in [0.1, 0.15) is 0 Å². The van der Waals surface area contributed by atoms with Crippen molar-refractivity contribution in [2.45, 2.75) is 0 Å². The zero-order valence-electron chi connectivity index (χ0n) is 13.1. The van der Waals surface area contributed by atoms with Crippen LogP contribution in [-0.2, 0) is 0 Å². The molecular weight excluding hydrogens is 344 g/mol. The number of hydrogen-bond acceptors (Lipinski definition) is 6. The van der Waals surface area contributed by atoms with Gasteiger partial charge in [0.15, 0.2) is 5.75 Å². The van der Waals surface area contributed by atoms with Gasteiger partial charge in [-0.25, -0.2) is 9.97 Å². The van der Waals surface area contributed by atoms with Crippen LogP contribution in [0.25, 0.3) is 11.3 Å². The number of rotatable bonds is 5. The van der Waals surface area contributed by atoms with Crippen LogP contribution in [0, 0.1) is 10.1 Å². The SMILES string of the molecule is COc1ccc(-c2ccnc(Nc3cccc(Cl)c3)n2)cc1[N+](=O)[O-]. The molecule has 0 saturated carbocycles. The van der Waals surface area contributed by atoms with Gasteiger partial charge in [-0.2, -0.15) is 0 Å². The van der Waals surface area contributed by atoms with Crippen LogP contribution in [0.5, 0.6) is 5.75 Å². The fourth-order valence-electron chi connectivity index (χ4n) is 2.27. The highest BCUT2D eigenvalue weighted by atomic mass is 35.5. The molecular formula is C17H13ClN4O3. The van der Waals surface area contributed by atoms with Gasteiger partial charge < -0.3 is 10.1 Å². The van der Waals surface area contributed by atoms with E-state index in [2.05, 4.69) is 15.3 Å². The smallest absolute Gasteiger partial charge is 0.311 e. The Kier molecular flexibility index (Phi) is 4.76. The number of nitrogens with one attached hydrogen (secondary N) is 1. The molecule has 126 valence electrons. The van der Waals surface area contributed by atoms with Gasteiger partial charge in [0, 0.05) is 28.5 Å². The van der Waals surface area contributed by atoms with Crippen LogP contribution < -0.4 is 10.1 Å². The van der Waals surface area contributed by atoms with Gasteiger partial charge in [0.25, 0.3) is 0 Å². The zero-order chi connectivity index (χ0) is 17.8. The Morgan fingerprint density at radius 2 is 2.04 bits per heavy atom. The first-order chi connectivity index (χ1) is 12.1. The van der Waals surface area contributed by atoms with Crippen LogP contribution in [0.15, 0.2) is 54.7 Å². The van der Waals surface area contributed by atoms with E-state index in [1.54, 1.807) is 42.6 Å². The molecule has 0 fully saturated rings. The molecule has 0 radical (unpaired) electrons. The van der Waals surface area contributed by atoms with Crippen LogP contribution >= 0.6 is 11.6 Å². The molecule has 1 heterocycles. The molecule has 8 heteroatoms. The summed E-state index contributed by atoms with van der Waals surface area (Å²) in [6.07, 6.45) is 1.57. The Balaban J connectivity index is 1.94. The molecule has 2 aromatic carbocycles. The molecule has 0 spiro atoms. The number of methoxy groups -OCH3 is 1. The van der Waals surface area contributed by atoms with E-state index in [-0.39, 0.29) is 11.4 Å². The number of nitro benzene ring substituents is 1. The second-order valence-electron chi connectivity index (χ2n) is 5.04. The fourth-order valence-corrected chi connectivity index (χ4v) is 2.46. The number of ether oxygens (including phenoxy) is 1.